The number of aryl methyl sites for hydroxylation is 1. The molecule has 4 nitrogen and oxygen atoms in total. The zero-order valence-electron chi connectivity index (χ0n) is 11.6. The lowest BCUT2D eigenvalue weighted by atomic mass is 9.84. The molecule has 0 atom stereocenters. The van der Waals surface area contributed by atoms with Crippen molar-refractivity contribution in [1.29, 1.82) is 0 Å². The quantitative estimate of drug-likeness (QED) is 0.872. The van der Waals surface area contributed by atoms with E-state index in [0.29, 0.717) is 17.4 Å². The van der Waals surface area contributed by atoms with Crippen LogP contribution >= 0.6 is 0 Å². The van der Waals surface area contributed by atoms with Crippen molar-refractivity contribution >= 4 is 11.8 Å². The number of carboxylic acids is 1. The minimum Gasteiger partial charge on any atom is -0.478 e. The van der Waals surface area contributed by atoms with Crippen LogP contribution < -0.4 is 5.32 Å². The summed E-state index contributed by atoms with van der Waals surface area (Å²) in [6.45, 7) is 4.05. The number of aromatic nitrogens is 1. The van der Waals surface area contributed by atoms with Gasteiger partial charge in [-0.1, -0.05) is 13.3 Å². The Labute approximate surface area is 114 Å². The molecule has 4 heteroatoms. The van der Waals surface area contributed by atoms with Crippen LogP contribution in [0.25, 0.3) is 0 Å². The highest BCUT2D eigenvalue weighted by Gasteiger charge is 2.22. The fraction of sp³-hybridized carbons (Fsp3) is 0.600. The van der Waals surface area contributed by atoms with Crippen LogP contribution in [-0.4, -0.2) is 22.1 Å². The summed E-state index contributed by atoms with van der Waals surface area (Å²) >= 11 is 0. The number of anilines is 1. The van der Waals surface area contributed by atoms with E-state index in [-0.39, 0.29) is 0 Å². The van der Waals surface area contributed by atoms with Gasteiger partial charge in [0.2, 0.25) is 0 Å². The first-order valence-electron chi connectivity index (χ1n) is 7.07. The van der Waals surface area contributed by atoms with Gasteiger partial charge in [-0.25, -0.2) is 9.78 Å². The van der Waals surface area contributed by atoms with Crippen LogP contribution in [0.15, 0.2) is 12.3 Å². The fourth-order valence-corrected chi connectivity index (χ4v) is 2.85. The number of nitrogens with zero attached hydrogens (tertiary/aromatic N) is 1. The second kappa shape index (κ2) is 6.04. The second-order valence-electron chi connectivity index (χ2n) is 5.43. The number of aromatic carboxylic acids is 1. The molecule has 2 N–H and O–H groups in total. The highest BCUT2D eigenvalue weighted by molar-refractivity contribution is 5.94. The van der Waals surface area contributed by atoms with Gasteiger partial charge < -0.3 is 10.4 Å². The third-order valence-electron chi connectivity index (χ3n) is 4.14. The normalized spacial score (nSPS) is 23.1. The molecule has 0 aromatic carbocycles. The van der Waals surface area contributed by atoms with Crippen molar-refractivity contribution in [3.8, 4) is 0 Å². The van der Waals surface area contributed by atoms with Crippen molar-refractivity contribution in [2.75, 3.05) is 5.32 Å². The topological polar surface area (TPSA) is 62.2 Å². The number of hydrogen-bond acceptors (Lipinski definition) is 3. The number of carbonyl (C=O) groups is 1. The van der Waals surface area contributed by atoms with Gasteiger partial charge in [0.25, 0.3) is 0 Å². The van der Waals surface area contributed by atoms with Crippen LogP contribution in [0.1, 0.15) is 54.9 Å². The smallest absolute Gasteiger partial charge is 0.339 e. The van der Waals surface area contributed by atoms with Crippen LogP contribution in [-0.2, 0) is 0 Å². The Kier molecular flexibility index (Phi) is 4.40. The summed E-state index contributed by atoms with van der Waals surface area (Å²) < 4.78 is 0. The molecule has 19 heavy (non-hydrogen) atoms. The lowest BCUT2D eigenvalue weighted by Gasteiger charge is -2.29. The molecule has 1 aromatic rings. The molecule has 0 spiro atoms. The predicted molar refractivity (Wildman–Crippen MR) is 75.6 cm³/mol. The molecule has 0 unspecified atom stereocenters. The summed E-state index contributed by atoms with van der Waals surface area (Å²) in [7, 11) is 0. The molecule has 1 fully saturated rings. The molecule has 0 amide bonds. The zero-order chi connectivity index (χ0) is 13.8. The lowest BCUT2D eigenvalue weighted by molar-refractivity contribution is 0.0696. The van der Waals surface area contributed by atoms with Gasteiger partial charge in [-0.05, 0) is 50.2 Å². The molecule has 1 saturated carbocycles. The standard InChI is InChI=1S/C15H22N2O2/c1-3-11-4-6-12(7-5-11)17-14-13(15(18)19)10(2)8-9-16-14/h8-9,11-12H,3-7H2,1-2H3,(H,16,17)(H,18,19). The molecule has 1 aliphatic rings. The van der Waals surface area contributed by atoms with Crippen LogP contribution in [0.5, 0.6) is 0 Å². The summed E-state index contributed by atoms with van der Waals surface area (Å²) in [5.74, 6) is 0.449. The highest BCUT2D eigenvalue weighted by Crippen LogP contribution is 2.29. The zero-order valence-corrected chi connectivity index (χ0v) is 11.6. The molecule has 2 rings (SSSR count). The largest absolute Gasteiger partial charge is 0.478 e. The van der Waals surface area contributed by atoms with Crippen LogP contribution in [0.4, 0.5) is 5.82 Å². The number of pyridine rings is 1. The maximum atomic E-state index is 11.3. The van der Waals surface area contributed by atoms with Gasteiger partial charge in [0.1, 0.15) is 11.4 Å². The molecule has 104 valence electrons. The van der Waals surface area contributed by atoms with E-state index in [1.54, 1.807) is 12.3 Å². The Morgan fingerprint density at radius 1 is 1.42 bits per heavy atom. The Hall–Kier alpha value is -1.58. The average Bonchev–Trinajstić information content (AvgIpc) is 2.39. The summed E-state index contributed by atoms with van der Waals surface area (Å²) in [6.07, 6.45) is 7.57. The molecule has 0 saturated heterocycles. The molecule has 1 heterocycles. The lowest BCUT2D eigenvalue weighted by Crippen LogP contribution is -2.27. The maximum Gasteiger partial charge on any atom is 0.339 e. The van der Waals surface area contributed by atoms with Crippen molar-refractivity contribution in [3.05, 3.63) is 23.4 Å². The minimum atomic E-state index is -0.907. The Balaban J connectivity index is 2.08. The third-order valence-corrected chi connectivity index (χ3v) is 4.14. The summed E-state index contributed by atoms with van der Waals surface area (Å²) in [5, 5.41) is 12.6. The first kappa shape index (κ1) is 13.8. The number of rotatable bonds is 4. The van der Waals surface area contributed by atoms with Crippen LogP contribution in [0.2, 0.25) is 0 Å². The van der Waals surface area contributed by atoms with E-state index in [0.717, 1.165) is 24.3 Å². The van der Waals surface area contributed by atoms with E-state index in [1.165, 1.54) is 19.3 Å². The monoisotopic (exact) mass is 262 g/mol. The SMILES string of the molecule is CCC1CCC(Nc2nccc(C)c2C(=O)O)CC1. The van der Waals surface area contributed by atoms with E-state index < -0.39 is 5.97 Å². The Morgan fingerprint density at radius 3 is 2.68 bits per heavy atom. The Bertz CT molecular complexity index is 451. The van der Waals surface area contributed by atoms with E-state index in [9.17, 15) is 9.90 Å². The van der Waals surface area contributed by atoms with Crippen molar-refractivity contribution < 1.29 is 9.90 Å². The van der Waals surface area contributed by atoms with E-state index in [4.69, 9.17) is 0 Å². The van der Waals surface area contributed by atoms with Crippen molar-refractivity contribution in [1.82, 2.24) is 4.98 Å². The molecule has 0 bridgehead atoms. The van der Waals surface area contributed by atoms with Crippen molar-refractivity contribution in [3.63, 3.8) is 0 Å². The molecule has 1 aliphatic carbocycles. The van der Waals surface area contributed by atoms with Crippen molar-refractivity contribution in [2.45, 2.75) is 52.0 Å². The highest BCUT2D eigenvalue weighted by atomic mass is 16.4. The number of hydrogen-bond donors (Lipinski definition) is 2. The van der Waals surface area contributed by atoms with Gasteiger partial charge in [0.05, 0.1) is 0 Å². The van der Waals surface area contributed by atoms with Crippen LogP contribution in [0, 0.1) is 12.8 Å². The van der Waals surface area contributed by atoms with Crippen molar-refractivity contribution in [2.24, 2.45) is 5.92 Å². The molecule has 0 radical (unpaired) electrons. The fourth-order valence-electron chi connectivity index (χ4n) is 2.85. The first-order chi connectivity index (χ1) is 9.11. The summed E-state index contributed by atoms with van der Waals surface area (Å²) in [5.41, 5.74) is 1.06. The van der Waals surface area contributed by atoms with Gasteiger partial charge in [-0.15, -0.1) is 0 Å². The molecule has 0 aliphatic heterocycles. The Morgan fingerprint density at radius 2 is 2.11 bits per heavy atom. The minimum absolute atomic E-state index is 0.306. The second-order valence-corrected chi connectivity index (χ2v) is 5.43. The van der Waals surface area contributed by atoms with Gasteiger partial charge in [0.15, 0.2) is 0 Å². The van der Waals surface area contributed by atoms with E-state index in [2.05, 4.69) is 17.2 Å². The first-order valence-corrected chi connectivity index (χ1v) is 7.07. The molecular weight excluding hydrogens is 240 g/mol. The summed E-state index contributed by atoms with van der Waals surface area (Å²) in [6, 6.07) is 2.10. The number of nitrogens with one attached hydrogen (secondary N) is 1. The predicted octanol–water partition coefficient (Wildman–Crippen LogP) is 3.47. The van der Waals surface area contributed by atoms with Crippen LogP contribution in [0.3, 0.4) is 0 Å². The van der Waals surface area contributed by atoms with Gasteiger partial charge in [-0.2, -0.15) is 0 Å². The average molecular weight is 262 g/mol. The molecular formula is C15H22N2O2. The maximum absolute atomic E-state index is 11.3. The van der Waals surface area contributed by atoms with Gasteiger partial charge in [0, 0.05) is 12.2 Å². The summed E-state index contributed by atoms with van der Waals surface area (Å²) in [4.78, 5) is 15.5. The van der Waals surface area contributed by atoms with Gasteiger partial charge in [-0.3, -0.25) is 0 Å². The van der Waals surface area contributed by atoms with E-state index in [1.807, 2.05) is 6.92 Å². The number of carboxylic acid groups (broad SMARTS) is 1. The van der Waals surface area contributed by atoms with Gasteiger partial charge >= 0.3 is 5.97 Å². The molecule has 1 aromatic heterocycles. The van der Waals surface area contributed by atoms with E-state index >= 15 is 0 Å². The third kappa shape index (κ3) is 3.25.